The number of fused-ring (bicyclic) bond motifs is 3. The summed E-state index contributed by atoms with van der Waals surface area (Å²) < 4.78 is 4.17. The number of nitrogens with zero attached hydrogens (tertiary/aromatic N) is 3. The summed E-state index contributed by atoms with van der Waals surface area (Å²) >= 11 is 0. The van der Waals surface area contributed by atoms with Crippen molar-refractivity contribution >= 4 is 0 Å². The van der Waals surface area contributed by atoms with Gasteiger partial charge in [-0.15, -0.1) is 0 Å². The third kappa shape index (κ3) is 3.49. The largest absolute Gasteiger partial charge is 0.377 e. The molecule has 1 aliphatic rings. The lowest BCUT2D eigenvalue weighted by Gasteiger charge is -2.38. The minimum absolute atomic E-state index is 0.285. The zero-order valence-corrected chi connectivity index (χ0v) is 20.9. The molecule has 2 heterocycles. The zero-order valence-electron chi connectivity index (χ0n) is 20.9. The van der Waals surface area contributed by atoms with Gasteiger partial charge in [0.2, 0.25) is 6.33 Å². The normalized spacial score (nSPS) is 14.8. The minimum atomic E-state index is -1.25. The fraction of sp³-hybridized carbons (Fsp3) is 0.188. The first-order valence-corrected chi connectivity index (χ1v) is 12.5. The molecule has 6 rings (SSSR count). The lowest BCUT2D eigenvalue weighted by molar-refractivity contribution is -0.730. The van der Waals surface area contributed by atoms with Crippen molar-refractivity contribution in [2.45, 2.75) is 38.8 Å². The Labute approximate surface area is 212 Å². The lowest BCUT2D eigenvalue weighted by atomic mass is 9.76. The summed E-state index contributed by atoms with van der Waals surface area (Å²) in [5, 5.41) is 17.9. The summed E-state index contributed by atoms with van der Waals surface area (Å²) in [5.41, 5.74) is 7.47. The van der Waals surface area contributed by atoms with Gasteiger partial charge in [0, 0.05) is 6.42 Å². The van der Waals surface area contributed by atoms with E-state index >= 15 is 0 Å². The second-order valence-electron chi connectivity index (χ2n) is 9.91. The number of rotatable bonds is 4. The van der Waals surface area contributed by atoms with Crippen molar-refractivity contribution in [3.8, 4) is 17.1 Å². The summed E-state index contributed by atoms with van der Waals surface area (Å²) in [7, 11) is 0. The van der Waals surface area contributed by atoms with Crippen LogP contribution in [0.1, 0.15) is 39.4 Å². The molecule has 1 unspecified atom stereocenters. The molecule has 1 aromatic heterocycles. The number of aryl methyl sites for hydroxylation is 3. The molecule has 5 aromatic rings. The van der Waals surface area contributed by atoms with Gasteiger partial charge in [0.15, 0.2) is 0 Å². The smallest absolute Gasteiger partial charge is 0.309 e. The van der Waals surface area contributed by atoms with Crippen LogP contribution < -0.4 is 4.57 Å². The quantitative estimate of drug-likeness (QED) is 0.337. The van der Waals surface area contributed by atoms with Gasteiger partial charge in [0.05, 0.1) is 10.7 Å². The summed E-state index contributed by atoms with van der Waals surface area (Å²) in [6.07, 6.45) is 2.75. The van der Waals surface area contributed by atoms with Crippen molar-refractivity contribution in [1.82, 2.24) is 9.78 Å². The number of hydrogen-bond acceptors (Lipinski definition) is 2. The summed E-state index contributed by atoms with van der Waals surface area (Å²) in [6, 6.07) is 32.6. The maximum Gasteiger partial charge on any atom is 0.309 e. The molecule has 4 aromatic carbocycles. The molecule has 36 heavy (non-hydrogen) atoms. The number of aromatic nitrogens is 3. The molecule has 0 aliphatic carbocycles. The van der Waals surface area contributed by atoms with Crippen LogP contribution in [0.3, 0.4) is 0 Å². The molecule has 4 nitrogen and oxygen atoms in total. The van der Waals surface area contributed by atoms with Crippen molar-refractivity contribution < 1.29 is 9.67 Å². The molecule has 4 heteroatoms. The molecule has 0 saturated heterocycles. The number of hydrogen-bond donors (Lipinski definition) is 1. The van der Waals surface area contributed by atoms with Gasteiger partial charge in [-0.05, 0) is 54.7 Å². The van der Waals surface area contributed by atoms with E-state index in [1.165, 1.54) is 22.3 Å². The third-order valence-corrected chi connectivity index (χ3v) is 7.46. The van der Waals surface area contributed by atoms with Crippen molar-refractivity contribution in [3.63, 3.8) is 0 Å². The highest BCUT2D eigenvalue weighted by molar-refractivity contribution is 5.60. The topological polar surface area (TPSA) is 41.9 Å². The Balaban J connectivity index is 1.62. The molecular weight excluding hydrogens is 442 g/mol. The zero-order chi connectivity index (χ0) is 24.9. The molecular formula is C32H30N3O+. The van der Waals surface area contributed by atoms with E-state index in [1.807, 2.05) is 65.3 Å². The average molecular weight is 473 g/mol. The van der Waals surface area contributed by atoms with Crippen LogP contribution in [0, 0.1) is 20.8 Å². The Morgan fingerprint density at radius 1 is 0.806 bits per heavy atom. The first-order valence-electron chi connectivity index (χ1n) is 12.5. The molecule has 0 amide bonds. The van der Waals surface area contributed by atoms with Crippen LogP contribution in [0.4, 0.5) is 0 Å². The fourth-order valence-electron chi connectivity index (χ4n) is 5.92. The molecule has 0 fully saturated rings. The van der Waals surface area contributed by atoms with E-state index in [1.54, 1.807) is 0 Å². The average Bonchev–Trinajstić information content (AvgIpc) is 3.33. The van der Waals surface area contributed by atoms with Gasteiger partial charge in [-0.1, -0.05) is 101 Å². The van der Waals surface area contributed by atoms with Crippen molar-refractivity contribution in [2.75, 3.05) is 0 Å². The second kappa shape index (κ2) is 8.58. The van der Waals surface area contributed by atoms with E-state index in [0.717, 1.165) is 28.2 Å². The van der Waals surface area contributed by atoms with Gasteiger partial charge >= 0.3 is 5.82 Å². The van der Waals surface area contributed by atoms with E-state index in [2.05, 4.69) is 68.1 Å². The standard InChI is InChI=1S/C32H30N3O/c1-22-18-23(2)30(24(3)19-22)35-21-34-29(20-25-12-10-11-17-28(25)31(34)33-35)32(36,26-13-6-4-7-14-26)27-15-8-5-9-16-27/h4-19,21,29,36H,20H2,1-3H3/q+1. The van der Waals surface area contributed by atoms with Crippen LogP contribution in [0.15, 0.2) is 103 Å². The molecule has 1 aliphatic heterocycles. The minimum Gasteiger partial charge on any atom is -0.377 e. The van der Waals surface area contributed by atoms with Gasteiger partial charge in [-0.25, -0.2) is 4.57 Å². The van der Waals surface area contributed by atoms with Crippen LogP contribution in [0.25, 0.3) is 17.1 Å². The maximum atomic E-state index is 12.7. The van der Waals surface area contributed by atoms with Crippen LogP contribution >= 0.6 is 0 Å². The molecule has 0 bridgehead atoms. The van der Waals surface area contributed by atoms with E-state index in [4.69, 9.17) is 5.10 Å². The van der Waals surface area contributed by atoms with Crippen LogP contribution in [0.5, 0.6) is 0 Å². The monoisotopic (exact) mass is 472 g/mol. The predicted molar refractivity (Wildman–Crippen MR) is 142 cm³/mol. The highest BCUT2D eigenvalue weighted by Gasteiger charge is 2.48. The second-order valence-corrected chi connectivity index (χ2v) is 9.91. The van der Waals surface area contributed by atoms with Gasteiger partial charge in [0.25, 0.3) is 0 Å². The van der Waals surface area contributed by atoms with Crippen LogP contribution in [-0.4, -0.2) is 14.9 Å². The van der Waals surface area contributed by atoms with Gasteiger partial charge in [-0.3, -0.25) is 0 Å². The first kappa shape index (κ1) is 22.4. The lowest BCUT2D eigenvalue weighted by Crippen LogP contribution is -2.55. The van der Waals surface area contributed by atoms with Crippen molar-refractivity contribution in [2.24, 2.45) is 0 Å². The Morgan fingerprint density at radius 2 is 1.36 bits per heavy atom. The SMILES string of the molecule is Cc1cc(C)c(-n2c[n+]3c(n2)-c2ccccc2CC3C(O)(c2ccccc2)c2ccccc2)c(C)c1. The molecule has 1 atom stereocenters. The third-order valence-electron chi connectivity index (χ3n) is 7.46. The van der Waals surface area contributed by atoms with Crippen LogP contribution in [0.2, 0.25) is 0 Å². The van der Waals surface area contributed by atoms with E-state index < -0.39 is 5.60 Å². The summed E-state index contributed by atoms with van der Waals surface area (Å²) in [4.78, 5) is 0. The van der Waals surface area contributed by atoms with E-state index in [9.17, 15) is 5.11 Å². The molecule has 0 saturated carbocycles. The Bertz CT molecular complexity index is 1490. The van der Waals surface area contributed by atoms with Gasteiger partial charge in [-0.2, -0.15) is 0 Å². The van der Waals surface area contributed by atoms with E-state index in [-0.39, 0.29) is 6.04 Å². The summed E-state index contributed by atoms with van der Waals surface area (Å²) in [6.45, 7) is 6.39. The first-order chi connectivity index (χ1) is 17.5. The Hall–Kier alpha value is -4.02. The Morgan fingerprint density at radius 3 is 1.97 bits per heavy atom. The number of aliphatic hydroxyl groups is 1. The number of benzene rings is 4. The van der Waals surface area contributed by atoms with Crippen LogP contribution in [-0.2, 0) is 12.0 Å². The van der Waals surface area contributed by atoms with Gasteiger partial charge < -0.3 is 5.11 Å². The summed E-state index contributed by atoms with van der Waals surface area (Å²) in [5.74, 6) is 0.867. The van der Waals surface area contributed by atoms with E-state index in [0.29, 0.717) is 6.42 Å². The van der Waals surface area contributed by atoms with Crippen molar-refractivity contribution in [1.29, 1.82) is 0 Å². The molecule has 1 N–H and O–H groups in total. The van der Waals surface area contributed by atoms with Gasteiger partial charge in [0.1, 0.15) is 17.3 Å². The Kier molecular flexibility index (Phi) is 5.35. The van der Waals surface area contributed by atoms with Crippen molar-refractivity contribution in [3.05, 3.63) is 137 Å². The predicted octanol–water partition coefficient (Wildman–Crippen LogP) is 5.79. The maximum absolute atomic E-state index is 12.7. The molecule has 178 valence electrons. The molecule has 0 spiro atoms. The molecule has 0 radical (unpaired) electrons. The fourth-order valence-corrected chi connectivity index (χ4v) is 5.92. The highest BCUT2D eigenvalue weighted by Crippen LogP contribution is 2.43. The highest BCUT2D eigenvalue weighted by atomic mass is 16.3.